The van der Waals surface area contributed by atoms with E-state index >= 15 is 0 Å². The lowest BCUT2D eigenvalue weighted by atomic mass is 10.0. The predicted molar refractivity (Wildman–Crippen MR) is 82.9 cm³/mol. The molecule has 0 aliphatic carbocycles. The van der Waals surface area contributed by atoms with Crippen LogP contribution in [-0.2, 0) is 4.79 Å². The average molecular weight is 293 g/mol. The molecule has 2 rings (SSSR count). The molecule has 0 bridgehead atoms. The zero-order valence-electron chi connectivity index (χ0n) is 12.9. The molecule has 0 aromatic heterocycles. The minimum absolute atomic E-state index is 0.00466. The van der Waals surface area contributed by atoms with Crippen molar-refractivity contribution in [1.29, 1.82) is 0 Å². The lowest BCUT2D eigenvalue weighted by Crippen LogP contribution is -2.44. The first-order valence-corrected chi connectivity index (χ1v) is 7.50. The first-order valence-electron chi connectivity index (χ1n) is 7.50. The van der Waals surface area contributed by atoms with E-state index < -0.39 is 0 Å². The van der Waals surface area contributed by atoms with Gasteiger partial charge in [0.15, 0.2) is 0 Å². The average Bonchev–Trinajstić information content (AvgIpc) is 2.47. The van der Waals surface area contributed by atoms with Gasteiger partial charge in [0, 0.05) is 32.1 Å². The van der Waals surface area contributed by atoms with E-state index in [2.05, 4.69) is 15.5 Å². The Labute approximate surface area is 125 Å². The van der Waals surface area contributed by atoms with Crippen LogP contribution in [0.3, 0.4) is 0 Å². The van der Waals surface area contributed by atoms with Gasteiger partial charge in [-0.15, -0.1) is 0 Å². The number of hydrogen-bond donors (Lipinski definition) is 2. The van der Waals surface area contributed by atoms with Crippen LogP contribution >= 0.6 is 0 Å². The van der Waals surface area contributed by atoms with Crippen LogP contribution in [0.25, 0.3) is 0 Å². The van der Waals surface area contributed by atoms with Crippen molar-refractivity contribution in [2.75, 3.05) is 25.0 Å². The molecule has 0 spiro atoms. The Morgan fingerprint density at radius 2 is 2.05 bits per heavy atom. The number of nitrogens with zero attached hydrogens (tertiary/aromatic N) is 1. The number of anilines is 1. The monoisotopic (exact) mass is 293 g/mol. The molecule has 1 aromatic rings. The number of rotatable bonds is 4. The zero-order valence-corrected chi connectivity index (χ0v) is 12.9. The Hall–Kier alpha value is -1.62. The minimum atomic E-state index is -0.174. The summed E-state index contributed by atoms with van der Waals surface area (Å²) in [6.07, 6.45) is 1.71. The fraction of sp³-hybridized carbons (Fsp3) is 0.562. The molecule has 4 nitrogen and oxygen atoms in total. The molecular formula is C16H24FN3O. The number of carbonyl (C=O) groups is 1. The number of amides is 1. The molecule has 5 heteroatoms. The summed E-state index contributed by atoms with van der Waals surface area (Å²) in [6.45, 7) is 5.08. The van der Waals surface area contributed by atoms with Crippen molar-refractivity contribution in [2.45, 2.75) is 38.8 Å². The molecule has 21 heavy (non-hydrogen) atoms. The summed E-state index contributed by atoms with van der Waals surface area (Å²) >= 11 is 0. The molecule has 1 amide bonds. The highest BCUT2D eigenvalue weighted by Gasteiger charge is 2.22. The van der Waals surface area contributed by atoms with E-state index in [1.165, 1.54) is 6.92 Å². The van der Waals surface area contributed by atoms with Crippen molar-refractivity contribution < 1.29 is 9.18 Å². The number of hydrogen-bond acceptors (Lipinski definition) is 3. The summed E-state index contributed by atoms with van der Waals surface area (Å²) in [6, 6.07) is 5.79. The number of piperidine rings is 1. The van der Waals surface area contributed by atoms with Gasteiger partial charge in [-0.1, -0.05) is 6.07 Å². The second kappa shape index (κ2) is 6.89. The van der Waals surface area contributed by atoms with Gasteiger partial charge in [0.2, 0.25) is 5.91 Å². The van der Waals surface area contributed by atoms with Crippen molar-refractivity contribution in [2.24, 2.45) is 0 Å². The van der Waals surface area contributed by atoms with Crippen LogP contribution in [0.15, 0.2) is 18.2 Å². The molecular weight excluding hydrogens is 269 g/mol. The van der Waals surface area contributed by atoms with Gasteiger partial charge < -0.3 is 15.5 Å². The van der Waals surface area contributed by atoms with Gasteiger partial charge in [-0.2, -0.15) is 0 Å². The summed E-state index contributed by atoms with van der Waals surface area (Å²) in [5.41, 5.74) is 1.61. The van der Waals surface area contributed by atoms with Crippen LogP contribution in [0.1, 0.15) is 38.3 Å². The van der Waals surface area contributed by atoms with Crippen LogP contribution < -0.4 is 15.5 Å². The first-order chi connectivity index (χ1) is 10.0. The van der Waals surface area contributed by atoms with Crippen molar-refractivity contribution in [3.05, 3.63) is 29.6 Å². The molecule has 1 aliphatic rings. The van der Waals surface area contributed by atoms with Gasteiger partial charge >= 0.3 is 0 Å². The topological polar surface area (TPSA) is 44.4 Å². The normalized spacial score (nSPS) is 17.6. The number of nitrogens with one attached hydrogen (secondary N) is 2. The standard InChI is InChI=1S/C16H24FN3O/c1-11(18-3)13-4-5-16(15(17)10-13)20-8-6-14(7-9-20)19-12(2)21/h4-5,10-11,14,18H,6-9H2,1-3H3,(H,19,21). The van der Waals surface area contributed by atoms with Crippen molar-refractivity contribution in [3.8, 4) is 0 Å². The maximum Gasteiger partial charge on any atom is 0.217 e. The molecule has 116 valence electrons. The van der Waals surface area contributed by atoms with Crippen LogP contribution in [0.4, 0.5) is 10.1 Å². The highest BCUT2D eigenvalue weighted by molar-refractivity contribution is 5.73. The van der Waals surface area contributed by atoms with Crippen molar-refractivity contribution >= 4 is 11.6 Å². The van der Waals surface area contributed by atoms with Gasteiger partial charge in [0.05, 0.1) is 5.69 Å². The van der Waals surface area contributed by atoms with Gasteiger partial charge in [-0.05, 0) is 44.5 Å². The van der Waals surface area contributed by atoms with Crippen LogP contribution in [0, 0.1) is 5.82 Å². The Balaban J connectivity index is 2.02. The van der Waals surface area contributed by atoms with Crippen LogP contribution in [0.2, 0.25) is 0 Å². The molecule has 1 aromatic carbocycles. The lowest BCUT2D eigenvalue weighted by Gasteiger charge is -2.34. The third kappa shape index (κ3) is 3.94. The minimum Gasteiger partial charge on any atom is -0.369 e. The van der Waals surface area contributed by atoms with Gasteiger partial charge in [0.1, 0.15) is 5.82 Å². The van der Waals surface area contributed by atoms with E-state index in [0.29, 0.717) is 5.69 Å². The SMILES string of the molecule is CNC(C)c1ccc(N2CCC(NC(C)=O)CC2)c(F)c1. The number of benzene rings is 1. The fourth-order valence-electron chi connectivity index (χ4n) is 2.77. The summed E-state index contributed by atoms with van der Waals surface area (Å²) in [7, 11) is 1.86. The molecule has 1 atom stereocenters. The number of carbonyl (C=O) groups excluding carboxylic acids is 1. The first kappa shape index (κ1) is 15.8. The molecule has 1 unspecified atom stereocenters. The van der Waals surface area contributed by atoms with Crippen molar-refractivity contribution in [1.82, 2.24) is 10.6 Å². The lowest BCUT2D eigenvalue weighted by molar-refractivity contribution is -0.119. The van der Waals surface area contributed by atoms with E-state index in [9.17, 15) is 9.18 Å². The Kier molecular flexibility index (Phi) is 5.17. The largest absolute Gasteiger partial charge is 0.369 e. The maximum atomic E-state index is 14.3. The van der Waals surface area contributed by atoms with Crippen LogP contribution in [-0.4, -0.2) is 32.1 Å². The van der Waals surface area contributed by atoms with Gasteiger partial charge in [0.25, 0.3) is 0 Å². The van der Waals surface area contributed by atoms with Gasteiger partial charge in [-0.3, -0.25) is 4.79 Å². The summed E-state index contributed by atoms with van der Waals surface area (Å²) in [4.78, 5) is 13.1. The van der Waals surface area contributed by atoms with E-state index in [4.69, 9.17) is 0 Å². The quantitative estimate of drug-likeness (QED) is 0.894. The molecule has 0 saturated carbocycles. The van der Waals surface area contributed by atoms with Gasteiger partial charge in [-0.25, -0.2) is 4.39 Å². The van der Waals surface area contributed by atoms with E-state index in [-0.39, 0.29) is 23.8 Å². The van der Waals surface area contributed by atoms with E-state index in [0.717, 1.165) is 31.5 Å². The molecule has 1 fully saturated rings. The Bertz CT molecular complexity index is 498. The smallest absolute Gasteiger partial charge is 0.217 e. The maximum absolute atomic E-state index is 14.3. The molecule has 2 N–H and O–H groups in total. The highest BCUT2D eigenvalue weighted by atomic mass is 19.1. The Morgan fingerprint density at radius 3 is 2.57 bits per heavy atom. The predicted octanol–water partition coefficient (Wildman–Crippen LogP) is 2.21. The van der Waals surface area contributed by atoms with E-state index in [1.54, 1.807) is 6.07 Å². The van der Waals surface area contributed by atoms with Crippen LogP contribution in [0.5, 0.6) is 0 Å². The highest BCUT2D eigenvalue weighted by Crippen LogP contribution is 2.26. The summed E-state index contributed by atoms with van der Waals surface area (Å²) < 4.78 is 14.3. The fourth-order valence-corrected chi connectivity index (χ4v) is 2.77. The third-order valence-electron chi connectivity index (χ3n) is 4.15. The second-order valence-electron chi connectivity index (χ2n) is 5.68. The van der Waals surface area contributed by atoms with E-state index in [1.807, 2.05) is 26.1 Å². The molecule has 1 saturated heterocycles. The third-order valence-corrected chi connectivity index (χ3v) is 4.15. The van der Waals surface area contributed by atoms with Crippen molar-refractivity contribution in [3.63, 3.8) is 0 Å². The molecule has 1 aliphatic heterocycles. The summed E-state index contributed by atoms with van der Waals surface area (Å²) in [5.74, 6) is -0.169. The molecule has 1 heterocycles. The Morgan fingerprint density at radius 1 is 1.38 bits per heavy atom. The number of halogens is 1. The summed E-state index contributed by atoms with van der Waals surface area (Å²) in [5, 5.41) is 6.04. The second-order valence-corrected chi connectivity index (χ2v) is 5.68. The zero-order chi connectivity index (χ0) is 15.4. The molecule has 0 radical (unpaired) electrons.